The van der Waals surface area contributed by atoms with Gasteiger partial charge in [0.05, 0.1) is 0 Å². The molecule has 2 rings (SSSR count). The first kappa shape index (κ1) is 12.4. The van der Waals surface area contributed by atoms with Gasteiger partial charge < -0.3 is 10.2 Å². The lowest BCUT2D eigenvalue weighted by Crippen LogP contribution is -2.28. The maximum Gasteiger partial charge on any atom is 0.0412 e. The summed E-state index contributed by atoms with van der Waals surface area (Å²) in [6, 6.07) is 7.88. The standard InChI is InChI=1S/C15H24N2/c1-11(2)16-14-6-5-9-17(4)15-8-7-12(3)10-13(14)15/h7-8,10-11,14,16H,5-6,9H2,1-4H3. The molecule has 0 bridgehead atoms. The summed E-state index contributed by atoms with van der Waals surface area (Å²) in [5.41, 5.74) is 4.22. The molecule has 1 heterocycles. The summed E-state index contributed by atoms with van der Waals surface area (Å²) in [7, 11) is 2.20. The van der Waals surface area contributed by atoms with Gasteiger partial charge in [0, 0.05) is 31.4 Å². The van der Waals surface area contributed by atoms with Gasteiger partial charge in [0.1, 0.15) is 0 Å². The first-order valence-corrected chi connectivity index (χ1v) is 6.65. The molecule has 94 valence electrons. The highest BCUT2D eigenvalue weighted by atomic mass is 15.1. The Hall–Kier alpha value is -1.02. The third kappa shape index (κ3) is 2.81. The van der Waals surface area contributed by atoms with Crippen LogP contribution in [0.5, 0.6) is 0 Å². The van der Waals surface area contributed by atoms with Crippen LogP contribution in [0.3, 0.4) is 0 Å². The van der Waals surface area contributed by atoms with Crippen LogP contribution in [-0.2, 0) is 0 Å². The smallest absolute Gasteiger partial charge is 0.0412 e. The topological polar surface area (TPSA) is 15.3 Å². The highest BCUT2D eigenvalue weighted by molar-refractivity contribution is 5.56. The van der Waals surface area contributed by atoms with E-state index in [4.69, 9.17) is 0 Å². The van der Waals surface area contributed by atoms with Crippen LogP contribution in [0.15, 0.2) is 18.2 Å². The Morgan fingerprint density at radius 3 is 2.82 bits per heavy atom. The van der Waals surface area contributed by atoms with Crippen LogP contribution >= 0.6 is 0 Å². The lowest BCUT2D eigenvalue weighted by molar-refractivity contribution is 0.451. The number of anilines is 1. The van der Waals surface area contributed by atoms with E-state index in [0.717, 1.165) is 6.54 Å². The molecule has 1 aliphatic heterocycles. The number of fused-ring (bicyclic) bond motifs is 1. The van der Waals surface area contributed by atoms with E-state index in [-0.39, 0.29) is 0 Å². The SMILES string of the molecule is Cc1ccc2c(c1)C(NC(C)C)CCCN2C. The quantitative estimate of drug-likeness (QED) is 0.842. The third-order valence-electron chi connectivity index (χ3n) is 3.49. The zero-order valence-electron chi connectivity index (χ0n) is 11.5. The fraction of sp³-hybridized carbons (Fsp3) is 0.600. The predicted octanol–water partition coefficient (Wildman–Crippen LogP) is 3.26. The van der Waals surface area contributed by atoms with Gasteiger partial charge in [-0.05, 0) is 31.4 Å². The molecule has 1 N–H and O–H groups in total. The van der Waals surface area contributed by atoms with E-state index < -0.39 is 0 Å². The van der Waals surface area contributed by atoms with Gasteiger partial charge in [-0.25, -0.2) is 0 Å². The number of nitrogens with zero attached hydrogens (tertiary/aromatic N) is 1. The van der Waals surface area contributed by atoms with Crippen LogP contribution in [0.25, 0.3) is 0 Å². The molecule has 0 fully saturated rings. The molecule has 2 heteroatoms. The Kier molecular flexibility index (Phi) is 3.72. The Morgan fingerprint density at radius 2 is 2.12 bits per heavy atom. The molecule has 1 aromatic rings. The Bertz CT molecular complexity index is 385. The van der Waals surface area contributed by atoms with Crippen LogP contribution in [0.2, 0.25) is 0 Å². The van der Waals surface area contributed by atoms with Crippen LogP contribution in [0.1, 0.15) is 43.9 Å². The molecule has 0 spiro atoms. The molecular formula is C15H24N2. The largest absolute Gasteiger partial charge is 0.374 e. The van der Waals surface area contributed by atoms with Crippen molar-refractivity contribution in [2.45, 2.75) is 45.7 Å². The number of rotatable bonds is 2. The summed E-state index contributed by atoms with van der Waals surface area (Å²) in [5, 5.41) is 3.70. The second kappa shape index (κ2) is 5.09. The molecule has 1 aliphatic rings. The molecule has 17 heavy (non-hydrogen) atoms. The fourth-order valence-electron chi connectivity index (χ4n) is 2.68. The number of nitrogens with one attached hydrogen (secondary N) is 1. The second-order valence-corrected chi connectivity index (χ2v) is 5.50. The van der Waals surface area contributed by atoms with Crippen molar-refractivity contribution in [3.63, 3.8) is 0 Å². The summed E-state index contributed by atoms with van der Waals surface area (Å²) in [4.78, 5) is 2.39. The zero-order chi connectivity index (χ0) is 12.4. The van der Waals surface area contributed by atoms with Crippen LogP contribution in [0, 0.1) is 6.92 Å². The molecule has 0 amide bonds. The summed E-state index contributed by atoms with van der Waals surface area (Å²) in [5.74, 6) is 0. The van der Waals surface area contributed by atoms with E-state index in [0.29, 0.717) is 12.1 Å². The molecule has 0 saturated carbocycles. The van der Waals surface area contributed by atoms with Gasteiger partial charge in [0.2, 0.25) is 0 Å². The summed E-state index contributed by atoms with van der Waals surface area (Å²) in [6.45, 7) is 7.79. The van der Waals surface area contributed by atoms with Gasteiger partial charge in [-0.15, -0.1) is 0 Å². The summed E-state index contributed by atoms with van der Waals surface area (Å²) in [6.07, 6.45) is 2.49. The van der Waals surface area contributed by atoms with Crippen molar-refractivity contribution in [2.24, 2.45) is 0 Å². The monoisotopic (exact) mass is 232 g/mol. The fourth-order valence-corrected chi connectivity index (χ4v) is 2.68. The average molecular weight is 232 g/mol. The van der Waals surface area contributed by atoms with Gasteiger partial charge in [0.25, 0.3) is 0 Å². The zero-order valence-corrected chi connectivity index (χ0v) is 11.5. The maximum absolute atomic E-state index is 3.70. The highest BCUT2D eigenvalue weighted by Gasteiger charge is 2.21. The molecule has 1 aromatic carbocycles. The molecular weight excluding hydrogens is 208 g/mol. The Labute approximate surface area is 105 Å². The van der Waals surface area contributed by atoms with Crippen molar-refractivity contribution in [2.75, 3.05) is 18.5 Å². The first-order chi connectivity index (χ1) is 8.08. The van der Waals surface area contributed by atoms with Gasteiger partial charge in [-0.1, -0.05) is 31.5 Å². The number of hydrogen-bond acceptors (Lipinski definition) is 2. The normalized spacial score (nSPS) is 20.3. The number of benzene rings is 1. The van der Waals surface area contributed by atoms with E-state index in [1.54, 1.807) is 0 Å². The highest BCUT2D eigenvalue weighted by Crippen LogP contribution is 2.33. The second-order valence-electron chi connectivity index (χ2n) is 5.50. The van der Waals surface area contributed by atoms with Crippen LogP contribution in [0.4, 0.5) is 5.69 Å². The van der Waals surface area contributed by atoms with Crippen molar-refractivity contribution in [1.82, 2.24) is 5.32 Å². The van der Waals surface area contributed by atoms with Crippen LogP contribution < -0.4 is 10.2 Å². The molecule has 0 aromatic heterocycles. The summed E-state index contributed by atoms with van der Waals surface area (Å²) >= 11 is 0. The molecule has 0 saturated heterocycles. The van der Waals surface area contributed by atoms with Crippen molar-refractivity contribution in [3.05, 3.63) is 29.3 Å². The number of aryl methyl sites for hydroxylation is 1. The molecule has 2 nitrogen and oxygen atoms in total. The Balaban J connectivity index is 2.37. The minimum absolute atomic E-state index is 0.509. The maximum atomic E-state index is 3.70. The molecule has 1 atom stereocenters. The number of hydrogen-bond donors (Lipinski definition) is 1. The van der Waals surface area contributed by atoms with E-state index in [2.05, 4.69) is 56.2 Å². The first-order valence-electron chi connectivity index (χ1n) is 6.65. The lowest BCUT2D eigenvalue weighted by atomic mass is 9.99. The van der Waals surface area contributed by atoms with Crippen LogP contribution in [-0.4, -0.2) is 19.6 Å². The van der Waals surface area contributed by atoms with E-state index in [9.17, 15) is 0 Å². The lowest BCUT2D eigenvalue weighted by Gasteiger charge is -2.24. The predicted molar refractivity (Wildman–Crippen MR) is 74.7 cm³/mol. The van der Waals surface area contributed by atoms with Gasteiger partial charge >= 0.3 is 0 Å². The third-order valence-corrected chi connectivity index (χ3v) is 3.49. The van der Waals surface area contributed by atoms with E-state index in [1.165, 1.54) is 29.7 Å². The average Bonchev–Trinajstić information content (AvgIpc) is 2.39. The van der Waals surface area contributed by atoms with E-state index >= 15 is 0 Å². The van der Waals surface area contributed by atoms with Crippen molar-refractivity contribution in [1.29, 1.82) is 0 Å². The molecule has 0 radical (unpaired) electrons. The summed E-state index contributed by atoms with van der Waals surface area (Å²) < 4.78 is 0. The van der Waals surface area contributed by atoms with E-state index in [1.807, 2.05) is 0 Å². The van der Waals surface area contributed by atoms with Crippen molar-refractivity contribution in [3.8, 4) is 0 Å². The van der Waals surface area contributed by atoms with Gasteiger partial charge in [-0.3, -0.25) is 0 Å². The van der Waals surface area contributed by atoms with Gasteiger partial charge in [0.15, 0.2) is 0 Å². The minimum Gasteiger partial charge on any atom is -0.374 e. The molecule has 0 aliphatic carbocycles. The van der Waals surface area contributed by atoms with Crippen molar-refractivity contribution >= 4 is 5.69 Å². The molecule has 1 unspecified atom stereocenters. The van der Waals surface area contributed by atoms with Crippen molar-refractivity contribution < 1.29 is 0 Å². The minimum atomic E-state index is 0.509. The van der Waals surface area contributed by atoms with Gasteiger partial charge in [-0.2, -0.15) is 0 Å². The Morgan fingerprint density at radius 1 is 1.35 bits per heavy atom.